The average molecular weight is 384 g/mol. The lowest BCUT2D eigenvalue weighted by Crippen LogP contribution is -2.26. The van der Waals surface area contributed by atoms with Crippen LogP contribution in [0.2, 0.25) is 0 Å². The molecule has 29 heavy (non-hydrogen) atoms. The number of carbonyl (C=O) groups is 1. The van der Waals surface area contributed by atoms with E-state index in [9.17, 15) is 9.90 Å². The molecule has 2 aromatic carbocycles. The number of amides is 1. The first kappa shape index (κ1) is 18.4. The number of carbonyl (C=O) groups excluding carboxylic acids is 1. The maximum Gasteiger partial charge on any atom is 0.252 e. The molecule has 0 aliphatic carbocycles. The molecule has 0 aliphatic rings. The van der Waals surface area contributed by atoms with Crippen molar-refractivity contribution < 1.29 is 9.90 Å². The van der Waals surface area contributed by atoms with E-state index in [0.29, 0.717) is 29.8 Å². The van der Waals surface area contributed by atoms with Crippen LogP contribution >= 0.6 is 0 Å². The molecule has 0 spiro atoms. The highest BCUT2D eigenvalue weighted by atomic mass is 16.3. The van der Waals surface area contributed by atoms with Gasteiger partial charge >= 0.3 is 0 Å². The van der Waals surface area contributed by atoms with Crippen molar-refractivity contribution in [3.05, 3.63) is 90.3 Å². The van der Waals surface area contributed by atoms with Crippen LogP contribution in [0, 0.1) is 0 Å². The number of aromatic hydroxyl groups is 1. The second-order valence-corrected chi connectivity index (χ2v) is 6.56. The van der Waals surface area contributed by atoms with Crippen LogP contribution in [0.5, 0.6) is 5.75 Å². The van der Waals surface area contributed by atoms with Crippen LogP contribution in [0.1, 0.15) is 16.1 Å². The summed E-state index contributed by atoms with van der Waals surface area (Å²) in [6.07, 6.45) is 2.36. The summed E-state index contributed by atoms with van der Waals surface area (Å²) >= 11 is 0. The van der Waals surface area contributed by atoms with Crippen LogP contribution in [0.4, 0.5) is 0 Å². The predicted octanol–water partition coefficient (Wildman–Crippen LogP) is 3.82. The fraction of sp³-hybridized carbons (Fsp3) is 0.0870. The van der Waals surface area contributed by atoms with Crippen molar-refractivity contribution in [2.75, 3.05) is 6.54 Å². The Balaban J connectivity index is 1.56. The lowest BCUT2D eigenvalue weighted by Gasteiger charge is -2.10. The topological polar surface area (TPSA) is 90.9 Å². The molecule has 0 atom stereocenters. The Bertz CT molecular complexity index is 1110. The molecule has 0 saturated carbocycles. The number of hydrogen-bond acceptors (Lipinski definition) is 4. The van der Waals surface area contributed by atoms with Crippen LogP contribution in [0.15, 0.2) is 79.0 Å². The fourth-order valence-corrected chi connectivity index (χ4v) is 3.16. The highest BCUT2D eigenvalue weighted by molar-refractivity contribution is 6.02. The van der Waals surface area contributed by atoms with Gasteiger partial charge in [0.15, 0.2) is 0 Å². The molecule has 0 fully saturated rings. The van der Waals surface area contributed by atoms with Gasteiger partial charge in [-0.25, -0.2) is 0 Å². The van der Waals surface area contributed by atoms with E-state index in [0.717, 1.165) is 17.0 Å². The van der Waals surface area contributed by atoms with Gasteiger partial charge in [-0.2, -0.15) is 5.10 Å². The van der Waals surface area contributed by atoms with Crippen LogP contribution < -0.4 is 5.32 Å². The normalized spacial score (nSPS) is 10.6. The molecule has 0 bridgehead atoms. The number of pyridine rings is 1. The third kappa shape index (κ3) is 4.16. The van der Waals surface area contributed by atoms with Gasteiger partial charge in [0.2, 0.25) is 0 Å². The molecule has 144 valence electrons. The molecular weight excluding hydrogens is 364 g/mol. The Labute approximate surface area is 168 Å². The van der Waals surface area contributed by atoms with Gasteiger partial charge in [-0.05, 0) is 30.3 Å². The summed E-state index contributed by atoms with van der Waals surface area (Å²) in [6.45, 7) is 0.448. The Morgan fingerprint density at radius 1 is 1.00 bits per heavy atom. The number of hydrogen-bond donors (Lipinski definition) is 3. The van der Waals surface area contributed by atoms with Gasteiger partial charge in [-0.1, -0.05) is 42.5 Å². The summed E-state index contributed by atoms with van der Waals surface area (Å²) in [5.41, 5.74) is 3.99. The number of nitrogens with one attached hydrogen (secondary N) is 2. The number of aromatic amines is 1. The maximum absolute atomic E-state index is 12.8. The molecule has 0 unspecified atom stereocenters. The van der Waals surface area contributed by atoms with Crippen molar-refractivity contribution in [3.8, 4) is 28.3 Å². The minimum absolute atomic E-state index is 0.0191. The van der Waals surface area contributed by atoms with Crippen molar-refractivity contribution in [3.63, 3.8) is 0 Å². The molecule has 0 radical (unpaired) electrons. The van der Waals surface area contributed by atoms with Gasteiger partial charge < -0.3 is 10.4 Å². The number of H-pyrrole nitrogens is 1. The second kappa shape index (κ2) is 8.39. The molecule has 3 N–H and O–H groups in total. The first-order chi connectivity index (χ1) is 14.2. The SMILES string of the molecule is O=C(NCCc1ccccn1)c1cccc(O)c1-c1cc(-c2ccccc2)n[nH]1. The number of phenolic OH excluding ortho intramolecular Hbond substituents is 1. The second-order valence-electron chi connectivity index (χ2n) is 6.56. The average Bonchev–Trinajstić information content (AvgIpc) is 3.24. The van der Waals surface area contributed by atoms with Crippen LogP contribution in [-0.4, -0.2) is 32.7 Å². The Morgan fingerprint density at radius 2 is 1.83 bits per heavy atom. The summed E-state index contributed by atoms with van der Waals surface area (Å²) in [6, 6.07) is 22.1. The van der Waals surface area contributed by atoms with E-state index < -0.39 is 0 Å². The van der Waals surface area contributed by atoms with Crippen LogP contribution in [0.25, 0.3) is 22.5 Å². The van der Waals surface area contributed by atoms with Crippen LogP contribution in [-0.2, 0) is 6.42 Å². The van der Waals surface area contributed by atoms with Gasteiger partial charge in [0, 0.05) is 30.4 Å². The van der Waals surface area contributed by atoms with E-state index in [1.807, 2.05) is 54.6 Å². The standard InChI is InChI=1S/C23H20N4O2/c28-21-11-6-10-18(23(29)25-14-12-17-9-4-5-13-24-17)22(21)20-15-19(26-27-20)16-7-2-1-3-8-16/h1-11,13,15,28H,12,14H2,(H,25,29)(H,26,27). The molecule has 2 heterocycles. The van der Waals surface area contributed by atoms with E-state index in [-0.39, 0.29) is 11.7 Å². The summed E-state index contributed by atoms with van der Waals surface area (Å²) in [4.78, 5) is 17.0. The van der Waals surface area contributed by atoms with Crippen molar-refractivity contribution >= 4 is 5.91 Å². The van der Waals surface area contributed by atoms with Gasteiger partial charge in [-0.15, -0.1) is 0 Å². The highest BCUT2D eigenvalue weighted by Crippen LogP contribution is 2.33. The quantitative estimate of drug-likeness (QED) is 0.471. The molecule has 0 aliphatic heterocycles. The molecule has 4 rings (SSSR count). The number of phenols is 1. The number of aromatic nitrogens is 3. The lowest BCUT2D eigenvalue weighted by molar-refractivity contribution is 0.0954. The Morgan fingerprint density at radius 3 is 2.62 bits per heavy atom. The van der Waals surface area contributed by atoms with Crippen molar-refractivity contribution in [2.45, 2.75) is 6.42 Å². The van der Waals surface area contributed by atoms with Crippen molar-refractivity contribution in [2.24, 2.45) is 0 Å². The van der Waals surface area contributed by atoms with Gasteiger partial charge in [0.1, 0.15) is 5.75 Å². The van der Waals surface area contributed by atoms with E-state index in [4.69, 9.17) is 0 Å². The van der Waals surface area contributed by atoms with Gasteiger partial charge in [0.05, 0.1) is 22.5 Å². The molecule has 6 heteroatoms. The zero-order valence-electron chi connectivity index (χ0n) is 15.7. The van der Waals surface area contributed by atoms with Gasteiger partial charge in [-0.3, -0.25) is 14.9 Å². The van der Waals surface area contributed by atoms with E-state index in [1.165, 1.54) is 0 Å². The van der Waals surface area contributed by atoms with Crippen LogP contribution in [0.3, 0.4) is 0 Å². The number of benzene rings is 2. The number of rotatable bonds is 6. The first-order valence-corrected chi connectivity index (χ1v) is 9.33. The van der Waals surface area contributed by atoms with Gasteiger partial charge in [0.25, 0.3) is 5.91 Å². The molecule has 6 nitrogen and oxygen atoms in total. The van der Waals surface area contributed by atoms with E-state index >= 15 is 0 Å². The molecule has 4 aromatic rings. The maximum atomic E-state index is 12.8. The minimum atomic E-state index is -0.261. The summed E-state index contributed by atoms with van der Waals surface area (Å²) in [5.74, 6) is -0.242. The summed E-state index contributed by atoms with van der Waals surface area (Å²) in [7, 11) is 0. The summed E-state index contributed by atoms with van der Waals surface area (Å²) < 4.78 is 0. The van der Waals surface area contributed by atoms with E-state index in [1.54, 1.807) is 24.4 Å². The summed E-state index contributed by atoms with van der Waals surface area (Å²) in [5, 5.41) is 20.6. The van der Waals surface area contributed by atoms with Crippen molar-refractivity contribution in [1.29, 1.82) is 0 Å². The smallest absolute Gasteiger partial charge is 0.252 e. The Kier molecular flexibility index (Phi) is 5.33. The third-order valence-electron chi connectivity index (χ3n) is 4.60. The monoisotopic (exact) mass is 384 g/mol. The minimum Gasteiger partial charge on any atom is -0.507 e. The van der Waals surface area contributed by atoms with Crippen molar-refractivity contribution in [1.82, 2.24) is 20.5 Å². The molecule has 1 amide bonds. The fourth-order valence-electron chi connectivity index (χ4n) is 3.16. The predicted molar refractivity (Wildman–Crippen MR) is 111 cm³/mol. The molecule has 0 saturated heterocycles. The Hall–Kier alpha value is -3.93. The molecule has 2 aromatic heterocycles. The highest BCUT2D eigenvalue weighted by Gasteiger charge is 2.18. The largest absolute Gasteiger partial charge is 0.507 e. The zero-order valence-corrected chi connectivity index (χ0v) is 15.7. The lowest BCUT2D eigenvalue weighted by atomic mass is 10.0. The third-order valence-corrected chi connectivity index (χ3v) is 4.60. The van der Waals surface area contributed by atoms with E-state index in [2.05, 4.69) is 20.5 Å². The molecular formula is C23H20N4O2. The first-order valence-electron chi connectivity index (χ1n) is 9.33. The number of nitrogens with zero attached hydrogens (tertiary/aromatic N) is 2. The zero-order chi connectivity index (χ0) is 20.1.